The molecule has 0 bridgehead atoms. The molecular formula is C16H23NO4. The molecule has 5 nitrogen and oxygen atoms in total. The molecule has 0 aliphatic heterocycles. The summed E-state index contributed by atoms with van der Waals surface area (Å²) in [5.74, 6) is -0.431. The van der Waals surface area contributed by atoms with Crippen LogP contribution in [-0.2, 0) is 9.53 Å². The molecule has 0 spiro atoms. The van der Waals surface area contributed by atoms with Crippen molar-refractivity contribution in [2.45, 2.75) is 45.1 Å². The van der Waals surface area contributed by atoms with Gasteiger partial charge in [-0.25, -0.2) is 0 Å². The highest BCUT2D eigenvalue weighted by Crippen LogP contribution is 2.25. The normalized spacial score (nSPS) is 17.2. The van der Waals surface area contributed by atoms with E-state index in [0.717, 1.165) is 25.7 Å². The number of carbonyl (C=O) groups excluding carboxylic acids is 2. The summed E-state index contributed by atoms with van der Waals surface area (Å²) in [6.07, 6.45) is 6.93. The summed E-state index contributed by atoms with van der Waals surface area (Å²) < 4.78 is 10.00. The minimum atomic E-state index is -0.337. The molecule has 1 saturated carbocycles. The Morgan fingerprint density at radius 2 is 2.10 bits per heavy atom. The SMILES string of the molecule is COC(=O)C(C)CN(C(=O)c1ccco1)C1CCCCC1. The number of amides is 1. The molecule has 1 atom stereocenters. The van der Waals surface area contributed by atoms with Gasteiger partial charge in [-0.2, -0.15) is 0 Å². The van der Waals surface area contributed by atoms with E-state index in [1.54, 1.807) is 24.0 Å². The van der Waals surface area contributed by atoms with Gasteiger partial charge in [0.15, 0.2) is 5.76 Å². The van der Waals surface area contributed by atoms with Gasteiger partial charge >= 0.3 is 5.97 Å². The van der Waals surface area contributed by atoms with Gasteiger partial charge in [0.25, 0.3) is 5.91 Å². The first-order valence-corrected chi connectivity index (χ1v) is 7.55. The van der Waals surface area contributed by atoms with Crippen molar-refractivity contribution in [1.29, 1.82) is 0 Å². The van der Waals surface area contributed by atoms with Crippen LogP contribution in [0.5, 0.6) is 0 Å². The standard InChI is InChI=1S/C16H23NO4/c1-12(16(19)20-2)11-17(13-7-4-3-5-8-13)15(18)14-9-6-10-21-14/h6,9-10,12-13H,3-5,7-8,11H2,1-2H3. The van der Waals surface area contributed by atoms with Gasteiger partial charge in [-0.3, -0.25) is 9.59 Å². The third-order valence-corrected chi connectivity index (χ3v) is 4.08. The van der Waals surface area contributed by atoms with E-state index in [-0.39, 0.29) is 23.8 Å². The number of hydrogen-bond donors (Lipinski definition) is 0. The lowest BCUT2D eigenvalue weighted by Crippen LogP contribution is -2.45. The van der Waals surface area contributed by atoms with Crippen molar-refractivity contribution in [3.05, 3.63) is 24.2 Å². The first-order valence-electron chi connectivity index (χ1n) is 7.55. The van der Waals surface area contributed by atoms with Crippen LogP contribution in [0.4, 0.5) is 0 Å². The van der Waals surface area contributed by atoms with Crippen LogP contribution >= 0.6 is 0 Å². The zero-order chi connectivity index (χ0) is 15.2. The van der Waals surface area contributed by atoms with Crippen LogP contribution in [-0.4, -0.2) is 36.5 Å². The Morgan fingerprint density at radius 3 is 2.67 bits per heavy atom. The van der Waals surface area contributed by atoms with Gasteiger partial charge in [0.05, 0.1) is 19.3 Å². The molecule has 116 valence electrons. The van der Waals surface area contributed by atoms with Crippen LogP contribution in [0.2, 0.25) is 0 Å². The van der Waals surface area contributed by atoms with Gasteiger partial charge in [-0.15, -0.1) is 0 Å². The number of carbonyl (C=O) groups is 2. The largest absolute Gasteiger partial charge is 0.469 e. The maximum atomic E-state index is 12.6. The van der Waals surface area contributed by atoms with Gasteiger partial charge in [0, 0.05) is 12.6 Å². The van der Waals surface area contributed by atoms with Crippen molar-refractivity contribution >= 4 is 11.9 Å². The highest BCUT2D eigenvalue weighted by molar-refractivity contribution is 5.92. The van der Waals surface area contributed by atoms with Crippen LogP contribution < -0.4 is 0 Å². The lowest BCUT2D eigenvalue weighted by molar-refractivity contribution is -0.145. The van der Waals surface area contributed by atoms with E-state index >= 15 is 0 Å². The van der Waals surface area contributed by atoms with Crippen molar-refractivity contribution < 1.29 is 18.7 Å². The van der Waals surface area contributed by atoms with Crippen molar-refractivity contribution in [3.63, 3.8) is 0 Å². The molecular weight excluding hydrogens is 270 g/mol. The Bertz CT molecular complexity index is 463. The second-order valence-electron chi connectivity index (χ2n) is 5.65. The molecule has 1 heterocycles. The van der Waals surface area contributed by atoms with Crippen LogP contribution in [0.25, 0.3) is 0 Å². The molecule has 0 saturated heterocycles. The second kappa shape index (κ2) is 7.29. The summed E-state index contributed by atoms with van der Waals surface area (Å²) in [5, 5.41) is 0. The number of hydrogen-bond acceptors (Lipinski definition) is 4. The van der Waals surface area contributed by atoms with E-state index < -0.39 is 0 Å². The van der Waals surface area contributed by atoms with Gasteiger partial charge in [0.2, 0.25) is 0 Å². The third kappa shape index (κ3) is 3.86. The van der Waals surface area contributed by atoms with E-state index in [2.05, 4.69) is 0 Å². The fourth-order valence-corrected chi connectivity index (χ4v) is 2.90. The second-order valence-corrected chi connectivity index (χ2v) is 5.65. The molecule has 2 rings (SSSR count). The molecule has 1 aromatic heterocycles. The Hall–Kier alpha value is -1.78. The Morgan fingerprint density at radius 1 is 1.38 bits per heavy atom. The molecule has 0 aromatic carbocycles. The van der Waals surface area contributed by atoms with Crippen LogP contribution in [0.1, 0.15) is 49.6 Å². The molecule has 1 unspecified atom stereocenters. The van der Waals surface area contributed by atoms with Crippen LogP contribution in [0.3, 0.4) is 0 Å². The number of methoxy groups -OCH3 is 1. The Balaban J connectivity index is 2.13. The first-order chi connectivity index (χ1) is 10.1. The molecule has 1 aromatic rings. The summed E-state index contributed by atoms with van der Waals surface area (Å²) in [5.41, 5.74) is 0. The van der Waals surface area contributed by atoms with Gasteiger partial charge in [-0.1, -0.05) is 26.2 Å². The van der Waals surface area contributed by atoms with E-state index in [9.17, 15) is 9.59 Å². The topological polar surface area (TPSA) is 59.8 Å². The minimum Gasteiger partial charge on any atom is -0.469 e. The molecule has 0 N–H and O–H groups in total. The van der Waals surface area contributed by atoms with Crippen molar-refractivity contribution in [1.82, 2.24) is 4.90 Å². The van der Waals surface area contributed by atoms with E-state index in [1.807, 2.05) is 0 Å². The average molecular weight is 293 g/mol. The number of rotatable bonds is 5. The zero-order valence-electron chi connectivity index (χ0n) is 12.7. The smallest absolute Gasteiger partial charge is 0.310 e. The summed E-state index contributed by atoms with van der Waals surface area (Å²) in [4.78, 5) is 26.1. The molecule has 1 amide bonds. The highest BCUT2D eigenvalue weighted by atomic mass is 16.5. The van der Waals surface area contributed by atoms with E-state index in [1.165, 1.54) is 19.8 Å². The highest BCUT2D eigenvalue weighted by Gasteiger charge is 2.30. The lowest BCUT2D eigenvalue weighted by atomic mass is 9.93. The number of ether oxygens (including phenoxy) is 1. The van der Waals surface area contributed by atoms with Gasteiger partial charge < -0.3 is 14.1 Å². The fraction of sp³-hybridized carbons (Fsp3) is 0.625. The van der Waals surface area contributed by atoms with Crippen molar-refractivity contribution in [2.24, 2.45) is 5.92 Å². The van der Waals surface area contributed by atoms with Crippen LogP contribution in [0, 0.1) is 5.92 Å². The molecule has 1 fully saturated rings. The first kappa shape index (κ1) is 15.6. The van der Waals surface area contributed by atoms with Crippen molar-refractivity contribution in [2.75, 3.05) is 13.7 Å². The molecule has 1 aliphatic rings. The fourth-order valence-electron chi connectivity index (χ4n) is 2.90. The predicted octanol–water partition coefficient (Wildman–Crippen LogP) is 2.86. The monoisotopic (exact) mass is 293 g/mol. The maximum absolute atomic E-state index is 12.6. The Kier molecular flexibility index (Phi) is 5.42. The van der Waals surface area contributed by atoms with E-state index in [4.69, 9.17) is 9.15 Å². The van der Waals surface area contributed by atoms with Gasteiger partial charge in [-0.05, 0) is 25.0 Å². The number of esters is 1. The van der Waals surface area contributed by atoms with Crippen molar-refractivity contribution in [3.8, 4) is 0 Å². The number of furan rings is 1. The molecule has 21 heavy (non-hydrogen) atoms. The van der Waals surface area contributed by atoms with Gasteiger partial charge in [0.1, 0.15) is 0 Å². The third-order valence-electron chi connectivity index (χ3n) is 4.08. The Labute approximate surface area is 125 Å². The molecule has 1 aliphatic carbocycles. The zero-order valence-corrected chi connectivity index (χ0v) is 12.7. The summed E-state index contributed by atoms with van der Waals surface area (Å²) >= 11 is 0. The molecule has 0 radical (unpaired) electrons. The van der Waals surface area contributed by atoms with E-state index in [0.29, 0.717) is 12.3 Å². The molecule has 5 heteroatoms. The predicted molar refractivity (Wildman–Crippen MR) is 77.8 cm³/mol. The summed E-state index contributed by atoms with van der Waals surface area (Å²) in [6.45, 7) is 2.16. The van der Waals surface area contributed by atoms with Crippen LogP contribution in [0.15, 0.2) is 22.8 Å². The maximum Gasteiger partial charge on any atom is 0.310 e. The minimum absolute atomic E-state index is 0.136. The lowest BCUT2D eigenvalue weighted by Gasteiger charge is -2.35. The average Bonchev–Trinajstić information content (AvgIpc) is 3.06. The number of nitrogens with zero attached hydrogens (tertiary/aromatic N) is 1. The summed E-state index contributed by atoms with van der Waals surface area (Å²) in [6, 6.07) is 3.56. The summed E-state index contributed by atoms with van der Waals surface area (Å²) in [7, 11) is 1.37. The quantitative estimate of drug-likeness (QED) is 0.783.